The molecule has 0 amide bonds. The predicted molar refractivity (Wildman–Crippen MR) is 68.4 cm³/mol. The van der Waals surface area contributed by atoms with Gasteiger partial charge in [-0.2, -0.15) is 0 Å². The molecule has 0 aromatic heterocycles. The first kappa shape index (κ1) is 14.1. The molecule has 3 N–H and O–H groups in total. The highest BCUT2D eigenvalue weighted by Crippen LogP contribution is 2.21. The van der Waals surface area contributed by atoms with E-state index in [1.54, 1.807) is 14.2 Å². The Balaban J connectivity index is 2.89. The van der Waals surface area contributed by atoms with Crippen LogP contribution in [0.15, 0.2) is 24.3 Å². The van der Waals surface area contributed by atoms with Gasteiger partial charge in [0.1, 0.15) is 0 Å². The van der Waals surface area contributed by atoms with Crippen molar-refractivity contribution in [1.29, 1.82) is 0 Å². The van der Waals surface area contributed by atoms with Crippen LogP contribution < -0.4 is 11.3 Å². The van der Waals surface area contributed by atoms with Crippen LogP contribution in [-0.2, 0) is 9.47 Å². The van der Waals surface area contributed by atoms with Gasteiger partial charge in [-0.15, -0.1) is 0 Å². The average molecular weight is 238 g/mol. The van der Waals surface area contributed by atoms with Crippen LogP contribution in [0.5, 0.6) is 0 Å². The van der Waals surface area contributed by atoms with Gasteiger partial charge in [0.15, 0.2) is 6.29 Å². The molecule has 0 spiro atoms. The third kappa shape index (κ3) is 3.51. The standard InChI is InChI=1S/C13H22N2O2/c1-9(2)10-5-7-11(8-6-10)12(15-14)13(16-3)17-4/h5-9,12-13,15H,14H2,1-4H3. The molecule has 0 heterocycles. The van der Waals surface area contributed by atoms with Crippen LogP contribution in [0.25, 0.3) is 0 Å². The molecule has 4 heteroatoms. The van der Waals surface area contributed by atoms with E-state index in [0.29, 0.717) is 5.92 Å². The Morgan fingerprint density at radius 3 is 1.82 bits per heavy atom. The van der Waals surface area contributed by atoms with Crippen molar-refractivity contribution in [2.45, 2.75) is 32.1 Å². The van der Waals surface area contributed by atoms with Gasteiger partial charge in [-0.3, -0.25) is 5.84 Å². The molecule has 1 atom stereocenters. The number of nitrogens with one attached hydrogen (secondary N) is 1. The lowest BCUT2D eigenvalue weighted by Crippen LogP contribution is -2.38. The summed E-state index contributed by atoms with van der Waals surface area (Å²) < 4.78 is 10.4. The molecular formula is C13H22N2O2. The molecule has 1 aromatic carbocycles. The van der Waals surface area contributed by atoms with Crippen LogP contribution in [0.4, 0.5) is 0 Å². The van der Waals surface area contributed by atoms with Crippen molar-refractivity contribution in [3.05, 3.63) is 35.4 Å². The molecule has 4 nitrogen and oxygen atoms in total. The number of hydrazine groups is 1. The van der Waals surface area contributed by atoms with Gasteiger partial charge >= 0.3 is 0 Å². The zero-order valence-corrected chi connectivity index (χ0v) is 10.9. The highest BCUT2D eigenvalue weighted by atomic mass is 16.7. The summed E-state index contributed by atoms with van der Waals surface area (Å²) in [5.41, 5.74) is 5.07. The normalized spacial score (nSPS) is 13.4. The molecule has 0 saturated heterocycles. The van der Waals surface area contributed by atoms with Crippen molar-refractivity contribution in [2.75, 3.05) is 14.2 Å². The largest absolute Gasteiger partial charge is 0.354 e. The van der Waals surface area contributed by atoms with Crippen molar-refractivity contribution in [3.8, 4) is 0 Å². The van der Waals surface area contributed by atoms with Gasteiger partial charge < -0.3 is 9.47 Å². The van der Waals surface area contributed by atoms with E-state index in [9.17, 15) is 0 Å². The molecule has 1 aromatic rings. The second kappa shape index (κ2) is 6.71. The number of nitrogens with two attached hydrogens (primary N) is 1. The smallest absolute Gasteiger partial charge is 0.177 e. The zero-order chi connectivity index (χ0) is 12.8. The topological polar surface area (TPSA) is 56.5 Å². The number of benzene rings is 1. The summed E-state index contributed by atoms with van der Waals surface area (Å²) in [5, 5.41) is 0. The van der Waals surface area contributed by atoms with E-state index < -0.39 is 6.29 Å². The third-order valence-corrected chi connectivity index (χ3v) is 2.88. The maximum Gasteiger partial charge on any atom is 0.177 e. The zero-order valence-electron chi connectivity index (χ0n) is 10.9. The molecule has 0 fully saturated rings. The lowest BCUT2D eigenvalue weighted by molar-refractivity contribution is -0.124. The highest BCUT2D eigenvalue weighted by Gasteiger charge is 2.21. The molecule has 0 aliphatic rings. The van der Waals surface area contributed by atoms with E-state index in [2.05, 4.69) is 31.4 Å². The van der Waals surface area contributed by atoms with Gasteiger partial charge in [-0.05, 0) is 17.0 Å². The molecular weight excluding hydrogens is 216 g/mol. The van der Waals surface area contributed by atoms with Crippen molar-refractivity contribution < 1.29 is 9.47 Å². The predicted octanol–water partition coefficient (Wildman–Crippen LogP) is 1.93. The quantitative estimate of drug-likeness (QED) is 0.452. The van der Waals surface area contributed by atoms with E-state index in [1.165, 1.54) is 5.56 Å². The lowest BCUT2D eigenvalue weighted by atomic mass is 9.99. The Labute approximate surface area is 103 Å². The van der Waals surface area contributed by atoms with Gasteiger partial charge in [0.2, 0.25) is 0 Å². The summed E-state index contributed by atoms with van der Waals surface area (Å²) in [6, 6.07) is 8.13. The van der Waals surface area contributed by atoms with E-state index in [1.807, 2.05) is 12.1 Å². The maximum absolute atomic E-state index is 5.54. The van der Waals surface area contributed by atoms with Crippen LogP contribution in [0.2, 0.25) is 0 Å². The Morgan fingerprint density at radius 2 is 1.47 bits per heavy atom. The highest BCUT2D eigenvalue weighted by molar-refractivity contribution is 5.27. The van der Waals surface area contributed by atoms with Gasteiger partial charge in [0.25, 0.3) is 0 Å². The summed E-state index contributed by atoms with van der Waals surface area (Å²) in [5.74, 6) is 6.07. The van der Waals surface area contributed by atoms with Crippen LogP contribution in [0.1, 0.15) is 36.9 Å². The van der Waals surface area contributed by atoms with Crippen molar-refractivity contribution in [1.82, 2.24) is 5.43 Å². The molecule has 1 rings (SSSR count). The van der Waals surface area contributed by atoms with Crippen molar-refractivity contribution in [2.24, 2.45) is 5.84 Å². The van der Waals surface area contributed by atoms with Crippen LogP contribution >= 0.6 is 0 Å². The van der Waals surface area contributed by atoms with Crippen LogP contribution in [0, 0.1) is 0 Å². The molecule has 0 bridgehead atoms. The molecule has 0 saturated carbocycles. The molecule has 96 valence electrons. The average Bonchev–Trinajstić information content (AvgIpc) is 2.36. The number of methoxy groups -OCH3 is 2. The molecule has 0 radical (unpaired) electrons. The fourth-order valence-electron chi connectivity index (χ4n) is 1.79. The monoisotopic (exact) mass is 238 g/mol. The Morgan fingerprint density at radius 1 is 1.00 bits per heavy atom. The third-order valence-electron chi connectivity index (χ3n) is 2.88. The van der Waals surface area contributed by atoms with E-state index in [-0.39, 0.29) is 6.04 Å². The Kier molecular flexibility index (Phi) is 5.58. The first-order valence-corrected chi connectivity index (χ1v) is 5.75. The van der Waals surface area contributed by atoms with Gasteiger partial charge in [-0.1, -0.05) is 38.1 Å². The fourth-order valence-corrected chi connectivity index (χ4v) is 1.79. The van der Waals surface area contributed by atoms with Crippen molar-refractivity contribution in [3.63, 3.8) is 0 Å². The van der Waals surface area contributed by atoms with Crippen LogP contribution in [-0.4, -0.2) is 20.5 Å². The van der Waals surface area contributed by atoms with E-state index in [0.717, 1.165) is 5.56 Å². The van der Waals surface area contributed by atoms with Gasteiger partial charge in [0, 0.05) is 14.2 Å². The summed E-state index contributed by atoms with van der Waals surface area (Å²) >= 11 is 0. The summed E-state index contributed by atoms with van der Waals surface area (Å²) in [4.78, 5) is 0. The molecule has 1 unspecified atom stereocenters. The Bertz CT molecular complexity index is 321. The van der Waals surface area contributed by atoms with E-state index >= 15 is 0 Å². The summed E-state index contributed by atoms with van der Waals surface area (Å²) in [6.07, 6.45) is -0.398. The summed E-state index contributed by atoms with van der Waals surface area (Å²) in [6.45, 7) is 4.33. The lowest BCUT2D eigenvalue weighted by Gasteiger charge is -2.24. The molecule has 17 heavy (non-hydrogen) atoms. The van der Waals surface area contributed by atoms with Gasteiger partial charge in [0.05, 0.1) is 6.04 Å². The number of ether oxygens (including phenoxy) is 2. The summed E-state index contributed by atoms with van der Waals surface area (Å²) in [7, 11) is 3.20. The maximum atomic E-state index is 5.54. The second-order valence-corrected chi connectivity index (χ2v) is 4.31. The van der Waals surface area contributed by atoms with Crippen LogP contribution in [0.3, 0.4) is 0 Å². The minimum absolute atomic E-state index is 0.175. The van der Waals surface area contributed by atoms with E-state index in [4.69, 9.17) is 15.3 Å². The fraction of sp³-hybridized carbons (Fsp3) is 0.538. The first-order valence-electron chi connectivity index (χ1n) is 5.75. The minimum Gasteiger partial charge on any atom is -0.354 e. The first-order chi connectivity index (χ1) is 8.13. The Hall–Kier alpha value is -0.940. The molecule has 0 aliphatic carbocycles. The van der Waals surface area contributed by atoms with Gasteiger partial charge in [-0.25, -0.2) is 5.43 Å². The minimum atomic E-state index is -0.398. The van der Waals surface area contributed by atoms with Crippen molar-refractivity contribution >= 4 is 0 Å². The number of hydrogen-bond acceptors (Lipinski definition) is 4. The molecule has 0 aliphatic heterocycles. The number of rotatable bonds is 6. The SMILES string of the molecule is COC(OC)C(NN)c1ccc(C(C)C)cc1. The second-order valence-electron chi connectivity index (χ2n) is 4.31. The number of hydrogen-bond donors (Lipinski definition) is 2.